The quantitative estimate of drug-likeness (QED) is 0.692. The van der Waals surface area contributed by atoms with E-state index in [1.165, 1.54) is 18.2 Å². The van der Waals surface area contributed by atoms with Crippen molar-refractivity contribution in [2.24, 2.45) is 0 Å². The normalized spacial score (nSPS) is 10.0. The number of hydrogen-bond acceptors (Lipinski definition) is 4. The van der Waals surface area contributed by atoms with Crippen molar-refractivity contribution in [3.63, 3.8) is 0 Å². The van der Waals surface area contributed by atoms with E-state index < -0.39 is 10.8 Å². The fourth-order valence-corrected chi connectivity index (χ4v) is 1.89. The van der Waals surface area contributed by atoms with Crippen LogP contribution >= 0.6 is 0 Å². The molecule has 2 rings (SSSR count). The Bertz CT molecular complexity index is 683. The highest BCUT2D eigenvalue weighted by Crippen LogP contribution is 2.21. The molecule has 0 radical (unpaired) electrons. The van der Waals surface area contributed by atoms with Crippen LogP contribution in [0.1, 0.15) is 10.4 Å². The summed E-state index contributed by atoms with van der Waals surface area (Å²) < 4.78 is 0. The number of nitro benzene ring substituents is 1. The smallest absolute Gasteiger partial charge is 0.282 e. The Hall–Kier alpha value is -2.89. The Morgan fingerprint density at radius 1 is 1.14 bits per heavy atom. The molecule has 0 fully saturated rings. The van der Waals surface area contributed by atoms with Gasteiger partial charge in [-0.1, -0.05) is 18.2 Å². The van der Waals surface area contributed by atoms with Crippen molar-refractivity contribution in [2.45, 2.75) is 0 Å². The first-order chi connectivity index (χ1) is 9.99. The standard InChI is InChI=1S/C15H15N3O3/c1-17(2)12-7-5-6-11(10-12)16-15(19)13-8-3-4-9-14(13)18(20)21/h3-10H,1-2H3,(H,16,19). The number of nitrogens with zero attached hydrogens (tertiary/aromatic N) is 2. The Kier molecular flexibility index (Phi) is 4.18. The molecule has 0 saturated heterocycles. The molecule has 0 spiro atoms. The number of amides is 1. The van der Waals surface area contributed by atoms with Crippen LogP contribution in [0.2, 0.25) is 0 Å². The molecule has 0 atom stereocenters. The van der Waals surface area contributed by atoms with Gasteiger partial charge in [-0.25, -0.2) is 0 Å². The van der Waals surface area contributed by atoms with Gasteiger partial charge < -0.3 is 10.2 Å². The molecule has 21 heavy (non-hydrogen) atoms. The molecule has 0 unspecified atom stereocenters. The van der Waals surface area contributed by atoms with Crippen LogP contribution in [0, 0.1) is 10.1 Å². The van der Waals surface area contributed by atoms with Gasteiger partial charge in [0.05, 0.1) is 4.92 Å². The predicted octanol–water partition coefficient (Wildman–Crippen LogP) is 2.91. The van der Waals surface area contributed by atoms with Gasteiger partial charge in [-0.15, -0.1) is 0 Å². The molecular weight excluding hydrogens is 270 g/mol. The Morgan fingerprint density at radius 3 is 2.52 bits per heavy atom. The highest BCUT2D eigenvalue weighted by atomic mass is 16.6. The zero-order valence-corrected chi connectivity index (χ0v) is 11.7. The van der Waals surface area contributed by atoms with Gasteiger partial charge in [-0.2, -0.15) is 0 Å². The summed E-state index contributed by atoms with van der Waals surface area (Å²) in [5, 5.41) is 13.6. The van der Waals surface area contributed by atoms with Gasteiger partial charge in [0.25, 0.3) is 11.6 Å². The summed E-state index contributed by atoms with van der Waals surface area (Å²) in [4.78, 5) is 24.5. The van der Waals surface area contributed by atoms with E-state index in [-0.39, 0.29) is 11.3 Å². The SMILES string of the molecule is CN(C)c1cccc(NC(=O)c2ccccc2[N+](=O)[O-])c1. The Morgan fingerprint density at radius 2 is 1.86 bits per heavy atom. The second kappa shape index (κ2) is 6.04. The number of anilines is 2. The summed E-state index contributed by atoms with van der Waals surface area (Å²) >= 11 is 0. The minimum absolute atomic E-state index is 0.0396. The van der Waals surface area contributed by atoms with E-state index >= 15 is 0 Å². The third-order valence-electron chi connectivity index (χ3n) is 2.97. The lowest BCUT2D eigenvalue weighted by Crippen LogP contribution is -2.14. The van der Waals surface area contributed by atoms with E-state index in [4.69, 9.17) is 0 Å². The molecule has 0 aliphatic heterocycles. The van der Waals surface area contributed by atoms with Crippen LogP contribution in [-0.4, -0.2) is 24.9 Å². The first-order valence-electron chi connectivity index (χ1n) is 6.31. The van der Waals surface area contributed by atoms with E-state index in [0.717, 1.165) is 5.69 Å². The van der Waals surface area contributed by atoms with Crippen molar-refractivity contribution in [1.82, 2.24) is 0 Å². The fourth-order valence-electron chi connectivity index (χ4n) is 1.89. The summed E-state index contributed by atoms with van der Waals surface area (Å²) in [6.07, 6.45) is 0. The number of hydrogen-bond donors (Lipinski definition) is 1. The molecule has 0 saturated carbocycles. The topological polar surface area (TPSA) is 75.5 Å². The van der Waals surface area contributed by atoms with Crippen LogP contribution in [0.25, 0.3) is 0 Å². The molecule has 0 aliphatic carbocycles. The van der Waals surface area contributed by atoms with E-state index in [1.54, 1.807) is 18.2 Å². The van der Waals surface area contributed by atoms with Crippen molar-refractivity contribution in [3.8, 4) is 0 Å². The van der Waals surface area contributed by atoms with Crippen LogP contribution in [0.15, 0.2) is 48.5 Å². The lowest BCUT2D eigenvalue weighted by Gasteiger charge is -2.14. The zero-order valence-electron chi connectivity index (χ0n) is 11.7. The highest BCUT2D eigenvalue weighted by molar-refractivity contribution is 6.07. The summed E-state index contributed by atoms with van der Waals surface area (Å²) in [6.45, 7) is 0. The third kappa shape index (κ3) is 3.36. The highest BCUT2D eigenvalue weighted by Gasteiger charge is 2.19. The lowest BCUT2D eigenvalue weighted by atomic mass is 10.1. The fraction of sp³-hybridized carbons (Fsp3) is 0.133. The minimum Gasteiger partial charge on any atom is -0.378 e. The summed E-state index contributed by atoms with van der Waals surface area (Å²) in [6, 6.07) is 13.1. The van der Waals surface area contributed by atoms with Crippen molar-refractivity contribution in [2.75, 3.05) is 24.3 Å². The number of carbonyl (C=O) groups is 1. The number of carbonyl (C=O) groups excluding carboxylic acids is 1. The molecule has 1 amide bonds. The van der Waals surface area contributed by atoms with Gasteiger partial charge in [0, 0.05) is 31.5 Å². The van der Waals surface area contributed by atoms with Crippen molar-refractivity contribution >= 4 is 23.0 Å². The van der Waals surface area contributed by atoms with E-state index in [2.05, 4.69) is 5.32 Å². The van der Waals surface area contributed by atoms with Crippen LogP contribution in [0.4, 0.5) is 17.1 Å². The largest absolute Gasteiger partial charge is 0.378 e. The summed E-state index contributed by atoms with van der Waals surface area (Å²) in [7, 11) is 3.78. The predicted molar refractivity (Wildman–Crippen MR) is 81.8 cm³/mol. The number of nitrogens with one attached hydrogen (secondary N) is 1. The van der Waals surface area contributed by atoms with E-state index in [9.17, 15) is 14.9 Å². The van der Waals surface area contributed by atoms with Crippen LogP contribution in [0.3, 0.4) is 0 Å². The maximum atomic E-state index is 12.2. The average Bonchev–Trinajstić information content (AvgIpc) is 2.47. The number of rotatable bonds is 4. The van der Waals surface area contributed by atoms with Crippen molar-refractivity contribution in [1.29, 1.82) is 0 Å². The zero-order chi connectivity index (χ0) is 15.4. The molecule has 6 heteroatoms. The first kappa shape index (κ1) is 14.5. The van der Waals surface area contributed by atoms with E-state index in [0.29, 0.717) is 5.69 Å². The molecule has 2 aromatic carbocycles. The average molecular weight is 285 g/mol. The third-order valence-corrected chi connectivity index (χ3v) is 2.97. The van der Waals surface area contributed by atoms with Gasteiger partial charge in [-0.3, -0.25) is 14.9 Å². The summed E-state index contributed by atoms with van der Waals surface area (Å²) in [5.41, 5.74) is 1.34. The van der Waals surface area contributed by atoms with Crippen LogP contribution < -0.4 is 10.2 Å². The monoisotopic (exact) mass is 285 g/mol. The maximum Gasteiger partial charge on any atom is 0.282 e. The molecule has 1 N–H and O–H groups in total. The Labute approximate surface area is 122 Å². The number of nitro groups is 1. The molecule has 0 heterocycles. The maximum absolute atomic E-state index is 12.2. The number of benzene rings is 2. The second-order valence-electron chi connectivity index (χ2n) is 4.67. The first-order valence-corrected chi connectivity index (χ1v) is 6.31. The van der Waals surface area contributed by atoms with Crippen LogP contribution in [-0.2, 0) is 0 Å². The molecule has 0 bridgehead atoms. The Balaban J connectivity index is 2.26. The van der Waals surface area contributed by atoms with Gasteiger partial charge in [0.15, 0.2) is 0 Å². The van der Waals surface area contributed by atoms with Crippen LogP contribution in [0.5, 0.6) is 0 Å². The number of para-hydroxylation sites is 1. The lowest BCUT2D eigenvalue weighted by molar-refractivity contribution is -0.385. The van der Waals surface area contributed by atoms with Gasteiger partial charge in [0.1, 0.15) is 5.56 Å². The van der Waals surface area contributed by atoms with Gasteiger partial charge >= 0.3 is 0 Å². The molecule has 108 valence electrons. The molecule has 0 aromatic heterocycles. The second-order valence-corrected chi connectivity index (χ2v) is 4.67. The molecule has 6 nitrogen and oxygen atoms in total. The van der Waals surface area contributed by atoms with E-state index in [1.807, 2.05) is 31.1 Å². The molecule has 0 aliphatic rings. The van der Waals surface area contributed by atoms with Crippen molar-refractivity contribution in [3.05, 3.63) is 64.2 Å². The summed E-state index contributed by atoms with van der Waals surface area (Å²) in [5.74, 6) is -0.502. The van der Waals surface area contributed by atoms with Gasteiger partial charge in [-0.05, 0) is 24.3 Å². The van der Waals surface area contributed by atoms with Gasteiger partial charge in [0.2, 0.25) is 0 Å². The molecular formula is C15H15N3O3. The van der Waals surface area contributed by atoms with Crippen molar-refractivity contribution < 1.29 is 9.72 Å². The minimum atomic E-state index is -0.564. The molecule has 2 aromatic rings.